The van der Waals surface area contributed by atoms with E-state index < -0.39 is 0 Å². The van der Waals surface area contributed by atoms with Gasteiger partial charge < -0.3 is 16.0 Å². The molecule has 0 aliphatic heterocycles. The van der Waals surface area contributed by atoms with Gasteiger partial charge in [0.15, 0.2) is 0 Å². The van der Waals surface area contributed by atoms with Gasteiger partial charge in [-0.05, 0) is 12.1 Å². The Hall–Kier alpha value is -2.17. The lowest BCUT2D eigenvalue weighted by Crippen LogP contribution is -2.00. The highest BCUT2D eigenvalue weighted by Gasteiger charge is 2.12. The van der Waals surface area contributed by atoms with Crippen molar-refractivity contribution >= 4 is 17.1 Å². The zero-order valence-electron chi connectivity index (χ0n) is 10.3. The molecule has 90 valence electrons. The van der Waals surface area contributed by atoms with E-state index in [0.717, 1.165) is 28.2 Å². The van der Waals surface area contributed by atoms with Gasteiger partial charge in [-0.25, -0.2) is 0 Å². The minimum atomic E-state index is 1.06. The summed E-state index contributed by atoms with van der Waals surface area (Å²) < 4.78 is 0. The van der Waals surface area contributed by atoms with Gasteiger partial charge in [-0.1, -0.05) is 0 Å². The second-order valence-corrected chi connectivity index (χ2v) is 3.68. The average Bonchev–Trinajstić information content (AvgIpc) is 2.90. The van der Waals surface area contributed by atoms with Crippen LogP contribution in [-0.2, 0) is 0 Å². The van der Waals surface area contributed by atoms with Gasteiger partial charge in [-0.3, -0.25) is 5.10 Å². The molecule has 0 spiro atoms. The summed E-state index contributed by atoms with van der Waals surface area (Å²) in [6, 6.07) is 4.15. The Bertz CT molecular complexity index is 465. The van der Waals surface area contributed by atoms with Gasteiger partial charge in [0.25, 0.3) is 0 Å². The molecule has 0 atom stereocenters. The molecular weight excluding hydrogens is 214 g/mol. The van der Waals surface area contributed by atoms with Gasteiger partial charge >= 0.3 is 0 Å². The van der Waals surface area contributed by atoms with E-state index >= 15 is 0 Å². The van der Waals surface area contributed by atoms with Gasteiger partial charge in [0.05, 0.1) is 6.20 Å². The van der Waals surface area contributed by atoms with Gasteiger partial charge in [0, 0.05) is 55.5 Å². The molecule has 0 fully saturated rings. The predicted octanol–water partition coefficient (Wildman–Crippen LogP) is 2.20. The number of H-pyrrole nitrogens is 1. The molecule has 0 aliphatic carbocycles. The van der Waals surface area contributed by atoms with Crippen LogP contribution in [0, 0.1) is 0 Å². The van der Waals surface area contributed by atoms with Crippen molar-refractivity contribution in [2.75, 3.05) is 37.1 Å². The van der Waals surface area contributed by atoms with Crippen LogP contribution in [0.2, 0.25) is 0 Å². The summed E-state index contributed by atoms with van der Waals surface area (Å²) in [5, 5.41) is 16.4. The standard InChI is InChI=1S/C12H17N5/c1-13-9-4-10(14-2)12(11(5-9)15-3)8-6-16-17-7-8/h4-7,13-15H,1-3H3,(H,16,17). The Morgan fingerprint density at radius 3 is 2.06 bits per heavy atom. The van der Waals surface area contributed by atoms with Crippen molar-refractivity contribution in [2.24, 2.45) is 0 Å². The molecular formula is C12H17N5. The lowest BCUT2D eigenvalue weighted by atomic mass is 10.0. The molecule has 0 aliphatic rings. The number of hydrogen-bond donors (Lipinski definition) is 4. The van der Waals surface area contributed by atoms with E-state index in [1.165, 1.54) is 0 Å². The number of nitrogens with one attached hydrogen (secondary N) is 4. The van der Waals surface area contributed by atoms with Gasteiger partial charge in [0.2, 0.25) is 0 Å². The SMILES string of the molecule is CNc1cc(NC)c(-c2cn[nH]c2)c(NC)c1. The first-order valence-electron chi connectivity index (χ1n) is 5.50. The van der Waals surface area contributed by atoms with Crippen LogP contribution in [0.4, 0.5) is 17.1 Å². The highest BCUT2D eigenvalue weighted by Crippen LogP contribution is 2.37. The Kier molecular flexibility index (Phi) is 3.18. The maximum absolute atomic E-state index is 4.00. The zero-order valence-corrected chi connectivity index (χ0v) is 10.3. The number of anilines is 3. The normalized spacial score (nSPS) is 10.1. The van der Waals surface area contributed by atoms with Crippen molar-refractivity contribution < 1.29 is 0 Å². The molecule has 2 aromatic rings. The van der Waals surface area contributed by atoms with Crippen molar-refractivity contribution in [1.82, 2.24) is 10.2 Å². The molecule has 1 heterocycles. The summed E-state index contributed by atoms with van der Waals surface area (Å²) in [6.07, 6.45) is 3.70. The summed E-state index contributed by atoms with van der Waals surface area (Å²) in [5.74, 6) is 0. The predicted molar refractivity (Wildman–Crippen MR) is 72.7 cm³/mol. The third-order valence-electron chi connectivity index (χ3n) is 2.75. The van der Waals surface area contributed by atoms with Crippen molar-refractivity contribution in [3.63, 3.8) is 0 Å². The van der Waals surface area contributed by atoms with Crippen molar-refractivity contribution in [2.45, 2.75) is 0 Å². The maximum atomic E-state index is 4.00. The van der Waals surface area contributed by atoms with Crippen LogP contribution < -0.4 is 16.0 Å². The summed E-state index contributed by atoms with van der Waals surface area (Å²) in [7, 11) is 5.74. The zero-order chi connectivity index (χ0) is 12.3. The fourth-order valence-corrected chi connectivity index (χ4v) is 1.88. The minimum absolute atomic E-state index is 1.06. The molecule has 5 heteroatoms. The molecule has 1 aromatic carbocycles. The van der Waals surface area contributed by atoms with Gasteiger partial charge in [0.1, 0.15) is 0 Å². The first-order valence-corrected chi connectivity index (χ1v) is 5.50. The second kappa shape index (κ2) is 4.78. The summed E-state index contributed by atoms with van der Waals surface area (Å²) in [4.78, 5) is 0. The third kappa shape index (κ3) is 2.04. The van der Waals surface area contributed by atoms with Gasteiger partial charge in [-0.2, -0.15) is 5.10 Å². The second-order valence-electron chi connectivity index (χ2n) is 3.68. The molecule has 0 amide bonds. The first-order chi connectivity index (χ1) is 8.30. The summed E-state index contributed by atoms with van der Waals surface area (Å²) >= 11 is 0. The first kappa shape index (κ1) is 11.3. The van der Waals surface area contributed by atoms with Crippen molar-refractivity contribution in [3.05, 3.63) is 24.5 Å². The average molecular weight is 231 g/mol. The summed E-state index contributed by atoms with van der Waals surface area (Å²) in [6.45, 7) is 0. The molecule has 0 saturated heterocycles. The lowest BCUT2D eigenvalue weighted by Gasteiger charge is -2.15. The highest BCUT2D eigenvalue weighted by atomic mass is 15.1. The van der Waals surface area contributed by atoms with Crippen LogP contribution in [0.5, 0.6) is 0 Å². The van der Waals surface area contributed by atoms with Crippen LogP contribution in [0.15, 0.2) is 24.5 Å². The fraction of sp³-hybridized carbons (Fsp3) is 0.250. The number of nitrogens with zero attached hydrogens (tertiary/aromatic N) is 1. The Balaban J connectivity index is 2.63. The van der Waals surface area contributed by atoms with E-state index in [0.29, 0.717) is 0 Å². The molecule has 2 rings (SSSR count). The van der Waals surface area contributed by atoms with Crippen LogP contribution in [0.1, 0.15) is 0 Å². The molecule has 4 N–H and O–H groups in total. The molecule has 0 radical (unpaired) electrons. The number of hydrogen-bond acceptors (Lipinski definition) is 4. The van der Waals surface area contributed by atoms with Crippen LogP contribution in [0.3, 0.4) is 0 Å². The minimum Gasteiger partial charge on any atom is -0.388 e. The smallest absolute Gasteiger partial charge is 0.0567 e. The number of benzene rings is 1. The summed E-state index contributed by atoms with van der Waals surface area (Å²) in [5.41, 5.74) is 5.35. The molecule has 0 unspecified atom stereocenters. The topological polar surface area (TPSA) is 64.8 Å². The van der Waals surface area contributed by atoms with Crippen LogP contribution >= 0.6 is 0 Å². The van der Waals surface area contributed by atoms with Gasteiger partial charge in [-0.15, -0.1) is 0 Å². The van der Waals surface area contributed by atoms with E-state index in [9.17, 15) is 0 Å². The molecule has 17 heavy (non-hydrogen) atoms. The Morgan fingerprint density at radius 1 is 1.00 bits per heavy atom. The van der Waals surface area contributed by atoms with E-state index in [4.69, 9.17) is 0 Å². The monoisotopic (exact) mass is 231 g/mol. The van der Waals surface area contributed by atoms with Crippen molar-refractivity contribution in [3.8, 4) is 11.1 Å². The van der Waals surface area contributed by atoms with E-state index in [-0.39, 0.29) is 0 Å². The molecule has 0 bridgehead atoms. The van der Waals surface area contributed by atoms with Crippen molar-refractivity contribution in [1.29, 1.82) is 0 Å². The highest BCUT2D eigenvalue weighted by molar-refractivity contribution is 5.91. The molecule has 0 saturated carbocycles. The fourth-order valence-electron chi connectivity index (χ4n) is 1.88. The van der Waals surface area contributed by atoms with Crippen LogP contribution in [-0.4, -0.2) is 31.3 Å². The van der Waals surface area contributed by atoms with Crippen LogP contribution in [0.25, 0.3) is 11.1 Å². The Labute approximate surface area is 101 Å². The quantitative estimate of drug-likeness (QED) is 0.651. The number of aromatic amines is 1. The number of rotatable bonds is 4. The number of aromatic nitrogens is 2. The Morgan fingerprint density at radius 2 is 1.65 bits per heavy atom. The molecule has 1 aromatic heterocycles. The third-order valence-corrected chi connectivity index (χ3v) is 2.75. The largest absolute Gasteiger partial charge is 0.388 e. The molecule has 5 nitrogen and oxygen atoms in total. The lowest BCUT2D eigenvalue weighted by molar-refractivity contribution is 1.09. The maximum Gasteiger partial charge on any atom is 0.0567 e. The van der Waals surface area contributed by atoms with E-state index in [1.54, 1.807) is 0 Å². The van der Waals surface area contributed by atoms with E-state index in [2.05, 4.69) is 38.3 Å². The van der Waals surface area contributed by atoms with E-state index in [1.807, 2.05) is 33.5 Å².